The summed E-state index contributed by atoms with van der Waals surface area (Å²) >= 11 is 1.39. The molecule has 0 bridgehead atoms. The van der Waals surface area contributed by atoms with E-state index in [1.165, 1.54) is 27.8 Å². The number of ether oxygens (including phenoxy) is 1. The molecule has 0 radical (unpaired) electrons. The van der Waals surface area contributed by atoms with E-state index in [4.69, 9.17) is 9.72 Å². The van der Waals surface area contributed by atoms with Crippen molar-refractivity contribution in [1.82, 2.24) is 14.3 Å². The average molecular weight is 573 g/mol. The summed E-state index contributed by atoms with van der Waals surface area (Å²) in [7, 11) is -2.21. The van der Waals surface area contributed by atoms with Gasteiger partial charge in [0.2, 0.25) is 10.0 Å². The first kappa shape index (κ1) is 27.4. The number of amides is 1. The Morgan fingerprint density at radius 3 is 2.35 bits per heavy atom. The lowest BCUT2D eigenvalue weighted by atomic mass is 10.2. The fourth-order valence-corrected chi connectivity index (χ4v) is 6.37. The maximum Gasteiger partial charge on any atom is 0.260 e. The monoisotopic (exact) mass is 572 g/mol. The third-order valence-electron chi connectivity index (χ3n) is 6.27. The van der Waals surface area contributed by atoms with E-state index in [0.717, 1.165) is 15.8 Å². The fourth-order valence-electron chi connectivity index (χ4n) is 4.23. The molecule has 40 heavy (non-hydrogen) atoms. The summed E-state index contributed by atoms with van der Waals surface area (Å²) in [6.07, 6.45) is 3.38. The molecule has 10 heteroatoms. The van der Waals surface area contributed by atoms with Crippen LogP contribution < -0.4 is 9.64 Å². The Morgan fingerprint density at radius 1 is 0.900 bits per heavy atom. The van der Waals surface area contributed by atoms with E-state index in [1.54, 1.807) is 36.5 Å². The van der Waals surface area contributed by atoms with E-state index in [1.807, 2.05) is 67.6 Å². The van der Waals surface area contributed by atoms with Crippen molar-refractivity contribution < 1.29 is 17.9 Å². The number of para-hydroxylation sites is 1. The summed E-state index contributed by atoms with van der Waals surface area (Å²) in [6.45, 7) is 2.90. The van der Waals surface area contributed by atoms with Crippen molar-refractivity contribution in [3.05, 3.63) is 114 Å². The van der Waals surface area contributed by atoms with Crippen molar-refractivity contribution in [3.8, 4) is 5.75 Å². The van der Waals surface area contributed by atoms with Crippen molar-refractivity contribution in [1.29, 1.82) is 0 Å². The standard InChI is InChI=1S/C30H28N4O4S2/c1-3-38-26-12-7-13-27-28(26)32-30(39-27)34(21-23-11-8-18-31-19-23)29(35)24-14-16-25(17-15-24)40(36,37)33(2)20-22-9-5-4-6-10-22/h4-19H,3,20-21H2,1-2H3. The van der Waals surface area contributed by atoms with Gasteiger partial charge in [-0.1, -0.05) is 53.8 Å². The first-order valence-corrected chi connectivity index (χ1v) is 15.0. The van der Waals surface area contributed by atoms with Crippen LogP contribution in [0.2, 0.25) is 0 Å². The van der Waals surface area contributed by atoms with Gasteiger partial charge in [-0.05, 0) is 60.5 Å². The number of sulfonamides is 1. The Kier molecular flexibility index (Phi) is 8.20. The molecule has 204 valence electrons. The molecule has 0 aliphatic heterocycles. The number of anilines is 1. The van der Waals surface area contributed by atoms with Gasteiger partial charge in [0, 0.05) is 31.5 Å². The SMILES string of the molecule is CCOc1cccc2sc(N(Cc3cccnc3)C(=O)c3ccc(S(=O)(=O)N(C)Cc4ccccc4)cc3)nc12. The molecular weight excluding hydrogens is 544 g/mol. The molecule has 0 saturated carbocycles. The van der Waals surface area contributed by atoms with Crippen LogP contribution in [0.3, 0.4) is 0 Å². The molecule has 0 aliphatic carbocycles. The van der Waals surface area contributed by atoms with Gasteiger partial charge in [-0.2, -0.15) is 4.31 Å². The van der Waals surface area contributed by atoms with Gasteiger partial charge in [0.05, 0.1) is 22.7 Å². The number of hydrogen-bond acceptors (Lipinski definition) is 7. The van der Waals surface area contributed by atoms with Crippen LogP contribution >= 0.6 is 11.3 Å². The number of rotatable bonds is 10. The summed E-state index contributed by atoms with van der Waals surface area (Å²) in [4.78, 5) is 24.5. The second-order valence-corrected chi connectivity index (χ2v) is 12.1. The van der Waals surface area contributed by atoms with Crippen molar-refractivity contribution in [2.45, 2.75) is 24.9 Å². The van der Waals surface area contributed by atoms with Gasteiger partial charge in [0.25, 0.3) is 5.91 Å². The Morgan fingerprint density at radius 2 is 1.65 bits per heavy atom. The van der Waals surface area contributed by atoms with E-state index >= 15 is 0 Å². The molecule has 5 rings (SSSR count). The van der Waals surface area contributed by atoms with Gasteiger partial charge in [0.15, 0.2) is 5.13 Å². The van der Waals surface area contributed by atoms with Gasteiger partial charge >= 0.3 is 0 Å². The predicted molar refractivity (Wildman–Crippen MR) is 157 cm³/mol. The quantitative estimate of drug-likeness (QED) is 0.211. The zero-order valence-electron chi connectivity index (χ0n) is 22.1. The van der Waals surface area contributed by atoms with Crippen LogP contribution in [0, 0.1) is 0 Å². The molecule has 3 aromatic carbocycles. The number of carbonyl (C=O) groups excluding carboxylic acids is 1. The first-order valence-electron chi connectivity index (χ1n) is 12.7. The van der Waals surface area contributed by atoms with E-state index in [0.29, 0.717) is 28.6 Å². The molecular formula is C30H28N4O4S2. The molecule has 2 heterocycles. The van der Waals surface area contributed by atoms with E-state index in [2.05, 4.69) is 4.98 Å². The number of carbonyl (C=O) groups is 1. The second kappa shape index (κ2) is 12.0. The largest absolute Gasteiger partial charge is 0.492 e. The van der Waals surface area contributed by atoms with E-state index in [9.17, 15) is 13.2 Å². The van der Waals surface area contributed by atoms with Crippen LogP contribution in [-0.2, 0) is 23.1 Å². The summed E-state index contributed by atoms with van der Waals surface area (Å²) in [5.41, 5.74) is 2.76. The van der Waals surface area contributed by atoms with Crippen LogP contribution in [0.15, 0.2) is 102 Å². The van der Waals surface area contributed by atoms with Crippen molar-refractivity contribution >= 4 is 42.6 Å². The molecule has 0 unspecified atom stereocenters. The Labute approximate surface area is 237 Å². The van der Waals surface area contributed by atoms with Gasteiger partial charge in [-0.15, -0.1) is 0 Å². The molecule has 0 fully saturated rings. The number of aromatic nitrogens is 2. The van der Waals surface area contributed by atoms with Crippen LogP contribution in [0.5, 0.6) is 5.75 Å². The van der Waals surface area contributed by atoms with Crippen molar-refractivity contribution in [3.63, 3.8) is 0 Å². The second-order valence-electron chi connectivity index (χ2n) is 9.06. The summed E-state index contributed by atoms with van der Waals surface area (Å²) in [6, 6.07) is 24.8. The minimum Gasteiger partial charge on any atom is -0.492 e. The maximum atomic E-state index is 13.9. The highest BCUT2D eigenvalue weighted by atomic mass is 32.2. The highest BCUT2D eigenvalue weighted by Gasteiger charge is 2.25. The molecule has 0 spiro atoms. The highest BCUT2D eigenvalue weighted by Crippen LogP contribution is 2.35. The normalized spacial score (nSPS) is 11.6. The maximum absolute atomic E-state index is 13.9. The Bertz CT molecular complexity index is 1710. The van der Waals surface area contributed by atoms with E-state index in [-0.39, 0.29) is 23.9 Å². The molecule has 8 nitrogen and oxygen atoms in total. The van der Waals surface area contributed by atoms with Gasteiger partial charge in [-0.3, -0.25) is 14.7 Å². The molecule has 5 aromatic rings. The summed E-state index contributed by atoms with van der Waals surface area (Å²) in [5.74, 6) is 0.355. The Hall–Kier alpha value is -4.12. The van der Waals surface area contributed by atoms with Crippen LogP contribution in [0.25, 0.3) is 10.2 Å². The van der Waals surface area contributed by atoms with Crippen LogP contribution in [0.4, 0.5) is 5.13 Å². The average Bonchev–Trinajstić information content (AvgIpc) is 3.42. The third-order valence-corrected chi connectivity index (χ3v) is 9.13. The minimum absolute atomic E-state index is 0.114. The van der Waals surface area contributed by atoms with Gasteiger partial charge in [-0.25, -0.2) is 13.4 Å². The topological polar surface area (TPSA) is 92.7 Å². The fraction of sp³-hybridized carbons (Fsp3) is 0.167. The lowest BCUT2D eigenvalue weighted by molar-refractivity contribution is 0.0985. The Balaban J connectivity index is 1.45. The lowest BCUT2D eigenvalue weighted by Gasteiger charge is -2.21. The number of benzene rings is 3. The number of hydrogen-bond donors (Lipinski definition) is 0. The lowest BCUT2D eigenvalue weighted by Crippen LogP contribution is -2.30. The van der Waals surface area contributed by atoms with Crippen molar-refractivity contribution in [2.24, 2.45) is 0 Å². The zero-order chi connectivity index (χ0) is 28.1. The smallest absolute Gasteiger partial charge is 0.260 e. The summed E-state index contributed by atoms with van der Waals surface area (Å²) < 4.78 is 34.3. The molecule has 0 atom stereocenters. The molecule has 2 aromatic heterocycles. The highest BCUT2D eigenvalue weighted by molar-refractivity contribution is 7.89. The van der Waals surface area contributed by atoms with Gasteiger partial charge < -0.3 is 4.74 Å². The predicted octanol–water partition coefficient (Wildman–Crippen LogP) is 5.76. The van der Waals surface area contributed by atoms with Gasteiger partial charge in [0.1, 0.15) is 11.3 Å². The number of fused-ring (bicyclic) bond motifs is 1. The van der Waals surface area contributed by atoms with Crippen LogP contribution in [-0.4, -0.2) is 42.3 Å². The number of pyridine rings is 1. The van der Waals surface area contributed by atoms with E-state index < -0.39 is 10.0 Å². The molecule has 1 amide bonds. The van der Waals surface area contributed by atoms with Crippen molar-refractivity contribution in [2.75, 3.05) is 18.6 Å². The first-order chi connectivity index (χ1) is 19.4. The summed E-state index contributed by atoms with van der Waals surface area (Å²) in [5, 5.41) is 0.510. The van der Waals surface area contributed by atoms with Crippen LogP contribution in [0.1, 0.15) is 28.4 Å². The zero-order valence-corrected chi connectivity index (χ0v) is 23.7. The molecule has 0 N–H and O–H groups in total. The molecule has 0 saturated heterocycles. The number of nitrogens with zero attached hydrogens (tertiary/aromatic N) is 4. The molecule has 0 aliphatic rings. The third kappa shape index (κ3) is 5.89. The minimum atomic E-state index is -3.75. The number of thiazole rings is 1.